The number of ether oxygens (including phenoxy) is 2. The van der Waals surface area contributed by atoms with Crippen LogP contribution in [-0.4, -0.2) is 17.7 Å². The van der Waals surface area contributed by atoms with Crippen molar-refractivity contribution >= 4 is 17.6 Å². The molecule has 3 aromatic carbocycles. The monoisotopic (exact) mass is 391 g/mol. The molecule has 7 nitrogen and oxygen atoms in total. The smallest absolute Gasteiger partial charge is 0.269 e. The van der Waals surface area contributed by atoms with Crippen molar-refractivity contribution in [1.82, 2.24) is 0 Å². The molecule has 0 aromatic heterocycles. The molecular weight excluding hydrogens is 370 g/mol. The lowest BCUT2D eigenvalue weighted by atomic mass is 10.2. The Labute approximate surface area is 168 Å². The van der Waals surface area contributed by atoms with Crippen LogP contribution in [0.2, 0.25) is 0 Å². The number of nitro benzene ring substituents is 1. The highest BCUT2D eigenvalue weighted by molar-refractivity contribution is 5.81. The number of nitrogens with one attached hydrogen (secondary N) is 1. The summed E-state index contributed by atoms with van der Waals surface area (Å²) in [6.45, 7) is 2.89. The van der Waals surface area contributed by atoms with Crippen LogP contribution in [0.3, 0.4) is 0 Å². The molecule has 3 rings (SSSR count). The maximum atomic E-state index is 10.7. The van der Waals surface area contributed by atoms with Crippen molar-refractivity contribution in [3.63, 3.8) is 0 Å². The maximum absolute atomic E-state index is 10.7. The third-order valence-electron chi connectivity index (χ3n) is 3.99. The van der Waals surface area contributed by atoms with Crippen molar-refractivity contribution in [2.45, 2.75) is 13.5 Å². The molecule has 3 aromatic rings. The third-order valence-corrected chi connectivity index (χ3v) is 3.99. The van der Waals surface area contributed by atoms with Crippen LogP contribution in [0.5, 0.6) is 11.5 Å². The van der Waals surface area contributed by atoms with E-state index in [1.54, 1.807) is 18.3 Å². The Morgan fingerprint density at radius 2 is 1.76 bits per heavy atom. The predicted octanol–water partition coefficient (Wildman–Crippen LogP) is 5.02. The largest absolute Gasteiger partial charge is 0.490 e. The second kappa shape index (κ2) is 9.89. The molecule has 0 bridgehead atoms. The number of benzene rings is 3. The quantitative estimate of drug-likeness (QED) is 0.314. The lowest BCUT2D eigenvalue weighted by molar-refractivity contribution is -0.384. The van der Waals surface area contributed by atoms with Crippen molar-refractivity contribution in [3.05, 3.63) is 94.0 Å². The van der Waals surface area contributed by atoms with Crippen LogP contribution in [-0.2, 0) is 6.61 Å². The van der Waals surface area contributed by atoms with Gasteiger partial charge in [-0.3, -0.25) is 15.5 Å². The summed E-state index contributed by atoms with van der Waals surface area (Å²) >= 11 is 0. The number of anilines is 1. The fourth-order valence-electron chi connectivity index (χ4n) is 2.57. The van der Waals surface area contributed by atoms with E-state index in [1.807, 2.05) is 55.5 Å². The lowest BCUT2D eigenvalue weighted by Gasteiger charge is -2.12. The lowest BCUT2D eigenvalue weighted by Crippen LogP contribution is -2.00. The minimum Gasteiger partial charge on any atom is -0.490 e. The average molecular weight is 391 g/mol. The van der Waals surface area contributed by atoms with Gasteiger partial charge >= 0.3 is 0 Å². The summed E-state index contributed by atoms with van der Waals surface area (Å²) in [5, 5.41) is 14.9. The van der Waals surface area contributed by atoms with Gasteiger partial charge < -0.3 is 9.47 Å². The van der Waals surface area contributed by atoms with E-state index in [4.69, 9.17) is 9.47 Å². The molecule has 0 saturated carbocycles. The Hall–Kier alpha value is -3.87. The summed E-state index contributed by atoms with van der Waals surface area (Å²) in [6.07, 6.45) is 1.64. The molecule has 1 N–H and O–H groups in total. The fourth-order valence-corrected chi connectivity index (χ4v) is 2.57. The van der Waals surface area contributed by atoms with Gasteiger partial charge in [-0.25, -0.2) is 0 Å². The molecule has 0 radical (unpaired) electrons. The van der Waals surface area contributed by atoms with E-state index in [0.717, 1.165) is 11.1 Å². The second-order valence-electron chi connectivity index (χ2n) is 6.09. The number of hydrazone groups is 1. The average Bonchev–Trinajstić information content (AvgIpc) is 2.74. The highest BCUT2D eigenvalue weighted by Crippen LogP contribution is 2.29. The first kappa shape index (κ1) is 19.9. The maximum Gasteiger partial charge on any atom is 0.269 e. The molecule has 29 heavy (non-hydrogen) atoms. The summed E-state index contributed by atoms with van der Waals surface area (Å²) in [4.78, 5) is 10.2. The van der Waals surface area contributed by atoms with Gasteiger partial charge in [0.05, 0.1) is 23.4 Å². The molecule has 0 amide bonds. The van der Waals surface area contributed by atoms with Crippen LogP contribution in [0, 0.1) is 10.1 Å². The zero-order valence-corrected chi connectivity index (χ0v) is 15.9. The van der Waals surface area contributed by atoms with E-state index in [-0.39, 0.29) is 5.69 Å². The molecule has 0 heterocycles. The molecule has 0 aliphatic heterocycles. The first-order valence-corrected chi connectivity index (χ1v) is 9.13. The molecule has 7 heteroatoms. The molecule has 0 unspecified atom stereocenters. The van der Waals surface area contributed by atoms with E-state index in [2.05, 4.69) is 10.5 Å². The fraction of sp³-hybridized carbons (Fsp3) is 0.136. The number of rotatable bonds is 9. The van der Waals surface area contributed by atoms with Crippen molar-refractivity contribution in [1.29, 1.82) is 0 Å². The summed E-state index contributed by atoms with van der Waals surface area (Å²) in [5.74, 6) is 1.30. The number of hydrogen-bond donors (Lipinski definition) is 1. The summed E-state index contributed by atoms with van der Waals surface area (Å²) in [5.41, 5.74) is 5.44. The normalized spacial score (nSPS) is 10.7. The van der Waals surface area contributed by atoms with Crippen molar-refractivity contribution < 1.29 is 14.4 Å². The SMILES string of the molecule is CCOc1cc(/C=N/Nc2ccc([N+](=O)[O-])cc2)ccc1OCc1ccccc1. The number of hydrogen-bond acceptors (Lipinski definition) is 6. The Bertz CT molecular complexity index is 973. The Balaban J connectivity index is 1.65. The zero-order valence-electron chi connectivity index (χ0n) is 15.9. The first-order chi connectivity index (χ1) is 14.2. The van der Waals surface area contributed by atoms with Crippen molar-refractivity contribution in [3.8, 4) is 11.5 Å². The Morgan fingerprint density at radius 3 is 2.45 bits per heavy atom. The van der Waals surface area contributed by atoms with E-state index >= 15 is 0 Å². The van der Waals surface area contributed by atoms with Crippen LogP contribution < -0.4 is 14.9 Å². The molecule has 0 aliphatic rings. The van der Waals surface area contributed by atoms with E-state index in [1.165, 1.54) is 12.1 Å². The van der Waals surface area contributed by atoms with Gasteiger partial charge in [0.2, 0.25) is 0 Å². The Morgan fingerprint density at radius 1 is 1.00 bits per heavy atom. The van der Waals surface area contributed by atoms with Crippen LogP contribution in [0.25, 0.3) is 0 Å². The van der Waals surface area contributed by atoms with Gasteiger partial charge in [-0.1, -0.05) is 30.3 Å². The highest BCUT2D eigenvalue weighted by atomic mass is 16.6. The van der Waals surface area contributed by atoms with Crippen LogP contribution in [0.1, 0.15) is 18.1 Å². The molecule has 0 saturated heterocycles. The second-order valence-corrected chi connectivity index (χ2v) is 6.09. The number of nitro groups is 1. The van der Waals surface area contributed by atoms with E-state index in [9.17, 15) is 10.1 Å². The minimum atomic E-state index is -0.441. The molecule has 0 atom stereocenters. The summed E-state index contributed by atoms with van der Waals surface area (Å²) in [6, 6.07) is 21.5. The van der Waals surface area contributed by atoms with Gasteiger partial charge in [-0.15, -0.1) is 0 Å². The number of nitrogens with zero attached hydrogens (tertiary/aromatic N) is 2. The van der Waals surface area contributed by atoms with Gasteiger partial charge in [0.15, 0.2) is 11.5 Å². The highest BCUT2D eigenvalue weighted by Gasteiger charge is 2.07. The first-order valence-electron chi connectivity index (χ1n) is 9.13. The Kier molecular flexibility index (Phi) is 6.78. The van der Waals surface area contributed by atoms with E-state index in [0.29, 0.717) is 30.4 Å². The van der Waals surface area contributed by atoms with Gasteiger partial charge in [0.1, 0.15) is 6.61 Å². The third kappa shape index (κ3) is 5.80. The van der Waals surface area contributed by atoms with Crippen molar-refractivity contribution in [2.75, 3.05) is 12.0 Å². The van der Waals surface area contributed by atoms with Gasteiger partial charge in [0, 0.05) is 12.1 Å². The van der Waals surface area contributed by atoms with Crippen molar-refractivity contribution in [2.24, 2.45) is 5.10 Å². The van der Waals surface area contributed by atoms with E-state index < -0.39 is 4.92 Å². The summed E-state index contributed by atoms with van der Waals surface area (Å²) < 4.78 is 11.6. The predicted molar refractivity (Wildman–Crippen MR) is 113 cm³/mol. The number of non-ortho nitro benzene ring substituents is 1. The van der Waals surface area contributed by atoms with Gasteiger partial charge in [0.25, 0.3) is 5.69 Å². The molecular formula is C22H21N3O4. The molecule has 148 valence electrons. The minimum absolute atomic E-state index is 0.0342. The topological polar surface area (TPSA) is 86.0 Å². The zero-order chi connectivity index (χ0) is 20.5. The van der Waals surface area contributed by atoms with Crippen LogP contribution >= 0.6 is 0 Å². The molecule has 0 aliphatic carbocycles. The van der Waals surface area contributed by atoms with Gasteiger partial charge in [-0.2, -0.15) is 5.10 Å². The van der Waals surface area contributed by atoms with Gasteiger partial charge in [-0.05, 0) is 48.4 Å². The molecule has 0 fully saturated rings. The standard InChI is InChI=1S/C22H21N3O4/c1-2-28-22-14-18(8-13-21(22)29-16-17-6-4-3-5-7-17)15-23-24-19-9-11-20(12-10-19)25(26)27/h3-15,24H,2,16H2,1H3/b23-15+. The summed E-state index contributed by atoms with van der Waals surface area (Å²) in [7, 11) is 0. The van der Waals surface area contributed by atoms with Crippen LogP contribution in [0.15, 0.2) is 77.9 Å². The molecule has 0 spiro atoms. The van der Waals surface area contributed by atoms with Crippen LogP contribution in [0.4, 0.5) is 11.4 Å².